The molecule has 11 heteroatoms. The van der Waals surface area contributed by atoms with Gasteiger partial charge < -0.3 is 24.3 Å². The molecular formula is C13H13NO10. The van der Waals surface area contributed by atoms with Gasteiger partial charge in [0.1, 0.15) is 13.2 Å². The summed E-state index contributed by atoms with van der Waals surface area (Å²) in [5.74, 6) is -2.71. The van der Waals surface area contributed by atoms with Crippen LogP contribution in [0.5, 0.6) is 0 Å². The van der Waals surface area contributed by atoms with E-state index in [9.17, 15) is 28.8 Å². The van der Waals surface area contributed by atoms with E-state index in [0.29, 0.717) is 6.54 Å². The topological polar surface area (TPSA) is 151 Å². The summed E-state index contributed by atoms with van der Waals surface area (Å²) in [6.45, 7) is 0.190. The molecule has 2 fully saturated rings. The normalized spacial score (nSPS) is 19.5. The lowest BCUT2D eigenvalue weighted by Gasteiger charge is -2.08. The van der Waals surface area contributed by atoms with E-state index in [2.05, 4.69) is 24.3 Å². The fraction of sp³-hybridized carbons (Fsp3) is 0.385. The molecule has 0 radical (unpaired) electrons. The van der Waals surface area contributed by atoms with E-state index in [1.165, 1.54) is 12.2 Å². The van der Waals surface area contributed by atoms with Gasteiger partial charge in [-0.3, -0.25) is 9.59 Å². The van der Waals surface area contributed by atoms with Gasteiger partial charge in [0.15, 0.2) is 0 Å². The Labute approximate surface area is 134 Å². The lowest BCUT2D eigenvalue weighted by molar-refractivity contribution is -0.174. The number of alkyl carbamates (subject to hydrolysis) is 1. The van der Waals surface area contributed by atoms with Gasteiger partial charge in [-0.2, -0.15) is 0 Å². The molecule has 0 aliphatic carbocycles. The van der Waals surface area contributed by atoms with Gasteiger partial charge in [-0.25, -0.2) is 19.2 Å². The summed E-state index contributed by atoms with van der Waals surface area (Å²) >= 11 is 0. The Morgan fingerprint density at radius 3 is 1.79 bits per heavy atom. The van der Waals surface area contributed by atoms with Gasteiger partial charge >= 0.3 is 35.9 Å². The molecule has 1 amide bonds. The van der Waals surface area contributed by atoms with Crippen LogP contribution >= 0.6 is 0 Å². The molecule has 0 atom stereocenters. The summed E-state index contributed by atoms with van der Waals surface area (Å²) in [6, 6.07) is 0. The monoisotopic (exact) mass is 343 g/mol. The first-order chi connectivity index (χ1) is 11.4. The van der Waals surface area contributed by atoms with Crippen molar-refractivity contribution in [2.24, 2.45) is 0 Å². The van der Waals surface area contributed by atoms with Crippen LogP contribution in [0.3, 0.4) is 0 Å². The lowest BCUT2D eigenvalue weighted by Crippen LogP contribution is -2.34. The molecule has 0 bridgehead atoms. The zero-order chi connectivity index (χ0) is 17.9. The fourth-order valence-corrected chi connectivity index (χ4v) is 1.30. The van der Waals surface area contributed by atoms with Gasteiger partial charge in [0.05, 0.1) is 12.8 Å². The van der Waals surface area contributed by atoms with Crippen molar-refractivity contribution < 1.29 is 47.7 Å². The second-order valence-electron chi connectivity index (χ2n) is 4.18. The van der Waals surface area contributed by atoms with Gasteiger partial charge in [-0.1, -0.05) is 6.08 Å². The van der Waals surface area contributed by atoms with Crippen LogP contribution in [0.1, 0.15) is 12.8 Å². The Balaban J connectivity index is 0.000000180. The molecule has 2 saturated heterocycles. The van der Waals surface area contributed by atoms with Gasteiger partial charge in [0, 0.05) is 12.6 Å². The number of carbonyl (C=O) groups is 6. The quantitative estimate of drug-likeness (QED) is 0.320. The first-order valence-electron chi connectivity index (χ1n) is 6.57. The average Bonchev–Trinajstić information content (AvgIpc) is 2.47. The third-order valence-corrected chi connectivity index (χ3v) is 2.23. The molecule has 0 aromatic carbocycles. The zero-order valence-corrected chi connectivity index (χ0v) is 12.3. The third kappa shape index (κ3) is 8.38. The molecule has 0 unspecified atom stereocenters. The molecule has 3 rings (SSSR count). The standard InChI is InChI=1S/C5H4O3.C4H5NO3.C4H4O4/c6-4-2-1-3-5(7)8-4;6-3-1-2-5-4(7)8-3;5-3-1-7-2-4(6)8-3/h1-2H,3H2;1-2H2,(H,5,7);1-2H2. The van der Waals surface area contributed by atoms with Crippen LogP contribution < -0.4 is 5.32 Å². The highest BCUT2D eigenvalue weighted by Gasteiger charge is 2.16. The first kappa shape index (κ1) is 19.0. The Bertz CT molecular complexity index is 519. The summed E-state index contributed by atoms with van der Waals surface area (Å²) < 4.78 is 16.8. The molecule has 1 N–H and O–H groups in total. The summed E-state index contributed by atoms with van der Waals surface area (Å²) in [5, 5.41) is 2.33. The lowest BCUT2D eigenvalue weighted by atomic mass is 10.3. The second-order valence-corrected chi connectivity index (χ2v) is 4.18. The summed E-state index contributed by atoms with van der Waals surface area (Å²) in [6.07, 6.45) is 2.58. The van der Waals surface area contributed by atoms with E-state index in [1.807, 2.05) is 0 Å². The van der Waals surface area contributed by atoms with Crippen LogP contribution in [-0.2, 0) is 42.9 Å². The molecule has 0 aromatic heterocycles. The van der Waals surface area contributed by atoms with Crippen molar-refractivity contribution in [2.45, 2.75) is 12.8 Å². The molecule has 3 heterocycles. The Morgan fingerprint density at radius 2 is 1.46 bits per heavy atom. The maximum atomic E-state index is 10.2. The Morgan fingerprint density at radius 1 is 0.792 bits per heavy atom. The molecule has 3 aliphatic rings. The fourth-order valence-electron chi connectivity index (χ4n) is 1.30. The molecular weight excluding hydrogens is 330 g/mol. The molecule has 11 nitrogen and oxygen atoms in total. The maximum Gasteiger partial charge on any atom is 0.414 e. The Kier molecular flexibility index (Phi) is 7.78. The number of hydrogen-bond donors (Lipinski definition) is 1. The highest BCUT2D eigenvalue weighted by atomic mass is 16.6. The van der Waals surface area contributed by atoms with Gasteiger partial charge in [-0.05, 0) is 0 Å². The van der Waals surface area contributed by atoms with Gasteiger partial charge in [0.25, 0.3) is 0 Å². The maximum absolute atomic E-state index is 10.2. The molecule has 0 aromatic rings. The van der Waals surface area contributed by atoms with E-state index in [1.54, 1.807) is 0 Å². The number of amides is 1. The summed E-state index contributed by atoms with van der Waals surface area (Å²) in [4.78, 5) is 60.8. The van der Waals surface area contributed by atoms with E-state index >= 15 is 0 Å². The minimum absolute atomic E-state index is 0.105. The van der Waals surface area contributed by atoms with Crippen molar-refractivity contribution in [3.63, 3.8) is 0 Å². The second kappa shape index (κ2) is 9.84. The van der Waals surface area contributed by atoms with Crippen molar-refractivity contribution in [1.29, 1.82) is 0 Å². The van der Waals surface area contributed by atoms with E-state index in [0.717, 1.165) is 0 Å². The third-order valence-electron chi connectivity index (χ3n) is 2.23. The smallest absolute Gasteiger partial charge is 0.390 e. The minimum Gasteiger partial charge on any atom is -0.390 e. The summed E-state index contributed by atoms with van der Waals surface area (Å²) in [7, 11) is 0. The van der Waals surface area contributed by atoms with Crippen LogP contribution in [-0.4, -0.2) is 55.7 Å². The SMILES string of the molecule is O=C1C=CCC(=O)O1.O=C1CCNC(=O)O1.O=C1COCC(=O)O1. The van der Waals surface area contributed by atoms with Crippen LogP contribution in [0.25, 0.3) is 0 Å². The summed E-state index contributed by atoms with van der Waals surface area (Å²) in [5.41, 5.74) is 0. The highest BCUT2D eigenvalue weighted by Crippen LogP contribution is 1.96. The van der Waals surface area contributed by atoms with Gasteiger partial charge in [-0.15, -0.1) is 0 Å². The number of cyclic esters (lactones) is 6. The number of hydrogen-bond acceptors (Lipinski definition) is 10. The Hall–Kier alpha value is -3.08. The molecule has 24 heavy (non-hydrogen) atoms. The van der Waals surface area contributed by atoms with Crippen molar-refractivity contribution in [1.82, 2.24) is 5.32 Å². The molecule has 130 valence electrons. The van der Waals surface area contributed by atoms with Crippen LogP contribution in [0.4, 0.5) is 4.79 Å². The minimum atomic E-state index is -0.638. The van der Waals surface area contributed by atoms with Crippen LogP contribution in [0, 0.1) is 0 Å². The predicted molar refractivity (Wildman–Crippen MR) is 70.9 cm³/mol. The van der Waals surface area contributed by atoms with Crippen molar-refractivity contribution in [3.05, 3.63) is 12.2 Å². The highest BCUT2D eigenvalue weighted by molar-refractivity contribution is 5.95. The number of esters is 5. The van der Waals surface area contributed by atoms with E-state index < -0.39 is 35.9 Å². The van der Waals surface area contributed by atoms with E-state index in [4.69, 9.17) is 0 Å². The van der Waals surface area contributed by atoms with Crippen molar-refractivity contribution in [2.75, 3.05) is 19.8 Å². The number of rotatable bonds is 0. The molecule has 0 spiro atoms. The largest absolute Gasteiger partial charge is 0.414 e. The zero-order valence-electron chi connectivity index (χ0n) is 12.3. The van der Waals surface area contributed by atoms with Crippen LogP contribution in [0.15, 0.2) is 12.2 Å². The van der Waals surface area contributed by atoms with Crippen molar-refractivity contribution in [3.8, 4) is 0 Å². The number of nitrogens with one attached hydrogen (secondary N) is 1. The average molecular weight is 343 g/mol. The van der Waals surface area contributed by atoms with E-state index in [-0.39, 0.29) is 26.1 Å². The van der Waals surface area contributed by atoms with Gasteiger partial charge in [0.2, 0.25) is 0 Å². The molecule has 3 aliphatic heterocycles. The number of ether oxygens (including phenoxy) is 4. The number of carbonyl (C=O) groups excluding carboxylic acids is 6. The van der Waals surface area contributed by atoms with Crippen molar-refractivity contribution >= 4 is 35.9 Å². The first-order valence-corrected chi connectivity index (χ1v) is 6.57. The molecule has 0 saturated carbocycles. The predicted octanol–water partition coefficient (Wildman–Crippen LogP) is -1.25. The van der Waals surface area contributed by atoms with Crippen LogP contribution in [0.2, 0.25) is 0 Å².